The number of benzene rings is 1. The van der Waals surface area contributed by atoms with E-state index in [-0.39, 0.29) is 7.43 Å². The lowest BCUT2D eigenvalue weighted by molar-refractivity contribution is 0.417. The van der Waals surface area contributed by atoms with Crippen molar-refractivity contribution >= 4 is 28.3 Å². The van der Waals surface area contributed by atoms with E-state index in [9.17, 15) is 0 Å². The number of aromatic nitrogens is 4. The van der Waals surface area contributed by atoms with Crippen LogP contribution in [-0.4, -0.2) is 39.3 Å². The van der Waals surface area contributed by atoms with E-state index in [1.165, 1.54) is 6.33 Å². The van der Waals surface area contributed by atoms with Crippen LogP contribution in [0.15, 0.2) is 72.3 Å². The molecule has 0 bridgehead atoms. The Kier molecular flexibility index (Phi) is 5.26. The SMILES string of the molecule is C.COc1ccc(-c2ccccn2)cc1Nc1ncnc2[nH]cc(C3=NCC=C3)c12. The highest BCUT2D eigenvalue weighted by Crippen LogP contribution is 2.34. The summed E-state index contributed by atoms with van der Waals surface area (Å²) in [5.41, 5.74) is 5.31. The molecule has 4 aromatic rings. The van der Waals surface area contributed by atoms with E-state index in [4.69, 9.17) is 4.74 Å². The van der Waals surface area contributed by atoms with E-state index < -0.39 is 0 Å². The molecule has 30 heavy (non-hydrogen) atoms. The summed E-state index contributed by atoms with van der Waals surface area (Å²) in [5, 5.41) is 4.32. The molecule has 0 fully saturated rings. The normalized spacial score (nSPS) is 12.5. The molecule has 5 rings (SSSR count). The zero-order valence-corrected chi connectivity index (χ0v) is 15.8. The van der Waals surface area contributed by atoms with Gasteiger partial charge in [0.1, 0.15) is 23.5 Å². The molecule has 1 aromatic carbocycles. The molecule has 1 aliphatic heterocycles. The molecule has 150 valence electrons. The Hall–Kier alpha value is -4.00. The van der Waals surface area contributed by atoms with Crippen LogP contribution in [0.5, 0.6) is 5.75 Å². The number of methoxy groups -OCH3 is 1. The maximum absolute atomic E-state index is 5.56. The summed E-state index contributed by atoms with van der Waals surface area (Å²) in [7, 11) is 1.65. The summed E-state index contributed by atoms with van der Waals surface area (Å²) in [6.07, 6.45) is 9.28. The average molecular weight is 398 g/mol. The first-order chi connectivity index (χ1) is 14.3. The number of pyridine rings is 1. The van der Waals surface area contributed by atoms with Crippen molar-refractivity contribution in [1.29, 1.82) is 0 Å². The van der Waals surface area contributed by atoms with Crippen molar-refractivity contribution < 1.29 is 4.74 Å². The minimum absolute atomic E-state index is 0. The number of ether oxygens (including phenoxy) is 1. The summed E-state index contributed by atoms with van der Waals surface area (Å²) in [6.45, 7) is 0.693. The summed E-state index contributed by atoms with van der Waals surface area (Å²) in [6, 6.07) is 11.8. The molecular weight excluding hydrogens is 376 g/mol. The van der Waals surface area contributed by atoms with Crippen LogP contribution >= 0.6 is 0 Å². The third kappa shape index (κ3) is 3.41. The second-order valence-corrected chi connectivity index (χ2v) is 6.53. The maximum Gasteiger partial charge on any atom is 0.144 e. The number of hydrogen-bond acceptors (Lipinski definition) is 6. The second-order valence-electron chi connectivity index (χ2n) is 6.53. The quantitative estimate of drug-likeness (QED) is 0.506. The van der Waals surface area contributed by atoms with Crippen LogP contribution in [0.1, 0.15) is 13.0 Å². The molecule has 4 heterocycles. The van der Waals surface area contributed by atoms with E-state index in [0.717, 1.165) is 39.3 Å². The molecule has 2 N–H and O–H groups in total. The number of fused-ring (bicyclic) bond motifs is 1. The topological polar surface area (TPSA) is 88.1 Å². The zero-order valence-electron chi connectivity index (χ0n) is 15.8. The van der Waals surface area contributed by atoms with Crippen molar-refractivity contribution in [3.05, 3.63) is 72.8 Å². The average Bonchev–Trinajstić information content (AvgIpc) is 3.44. The van der Waals surface area contributed by atoms with E-state index in [1.807, 2.05) is 54.7 Å². The van der Waals surface area contributed by atoms with E-state index in [2.05, 4.69) is 30.2 Å². The molecule has 7 heteroatoms. The first-order valence-corrected chi connectivity index (χ1v) is 9.23. The van der Waals surface area contributed by atoms with Crippen molar-refractivity contribution in [2.75, 3.05) is 19.0 Å². The molecule has 0 spiro atoms. The standard InChI is InChI=1S/C22H18N6O.CH4/c1-29-19-8-7-14(16-5-2-3-9-23-16)11-18(19)28-22-20-15(17-6-4-10-24-17)12-25-21(20)26-13-27-22;/h2-9,11-13H,10H2,1H3,(H2,25,26,27,28);1H4. The van der Waals surface area contributed by atoms with Crippen molar-refractivity contribution in [2.24, 2.45) is 4.99 Å². The number of allylic oxidation sites excluding steroid dienone is 1. The van der Waals surface area contributed by atoms with Crippen LogP contribution in [0.2, 0.25) is 0 Å². The summed E-state index contributed by atoms with van der Waals surface area (Å²) < 4.78 is 5.56. The lowest BCUT2D eigenvalue weighted by Crippen LogP contribution is -2.01. The molecule has 0 saturated heterocycles. The smallest absolute Gasteiger partial charge is 0.144 e. The number of anilines is 2. The minimum atomic E-state index is 0. The zero-order chi connectivity index (χ0) is 19.6. The van der Waals surface area contributed by atoms with Gasteiger partial charge in [-0.05, 0) is 36.4 Å². The molecule has 0 amide bonds. The highest BCUT2D eigenvalue weighted by Gasteiger charge is 2.17. The number of nitrogens with one attached hydrogen (secondary N) is 2. The van der Waals surface area contributed by atoms with Crippen LogP contribution in [0.4, 0.5) is 11.5 Å². The Morgan fingerprint density at radius 3 is 2.80 bits per heavy atom. The van der Waals surface area contributed by atoms with Crippen molar-refractivity contribution in [3.63, 3.8) is 0 Å². The number of rotatable bonds is 5. The molecule has 0 unspecified atom stereocenters. The van der Waals surface area contributed by atoms with Gasteiger partial charge in [0.15, 0.2) is 0 Å². The predicted molar refractivity (Wildman–Crippen MR) is 121 cm³/mol. The van der Waals surface area contributed by atoms with E-state index in [1.54, 1.807) is 13.3 Å². The van der Waals surface area contributed by atoms with Gasteiger partial charge in [-0.25, -0.2) is 9.97 Å². The van der Waals surface area contributed by atoms with E-state index in [0.29, 0.717) is 18.1 Å². The van der Waals surface area contributed by atoms with Gasteiger partial charge in [-0.15, -0.1) is 0 Å². The van der Waals surface area contributed by atoms with Gasteiger partial charge in [0, 0.05) is 23.5 Å². The molecule has 0 saturated carbocycles. The first-order valence-electron chi connectivity index (χ1n) is 9.23. The fraction of sp³-hybridized carbons (Fsp3) is 0.130. The van der Waals surface area contributed by atoms with Gasteiger partial charge in [-0.1, -0.05) is 19.6 Å². The second kappa shape index (κ2) is 8.16. The van der Waals surface area contributed by atoms with Gasteiger partial charge in [0.25, 0.3) is 0 Å². The third-order valence-corrected chi connectivity index (χ3v) is 4.80. The Morgan fingerprint density at radius 2 is 2.03 bits per heavy atom. The Balaban J connectivity index is 0.00000218. The lowest BCUT2D eigenvalue weighted by atomic mass is 10.1. The van der Waals surface area contributed by atoms with Gasteiger partial charge >= 0.3 is 0 Å². The van der Waals surface area contributed by atoms with Gasteiger partial charge in [0.2, 0.25) is 0 Å². The highest BCUT2D eigenvalue weighted by atomic mass is 16.5. The van der Waals surface area contributed by atoms with Crippen molar-refractivity contribution in [1.82, 2.24) is 19.9 Å². The Morgan fingerprint density at radius 1 is 1.10 bits per heavy atom. The lowest BCUT2D eigenvalue weighted by Gasteiger charge is -2.13. The molecule has 3 aromatic heterocycles. The van der Waals surface area contributed by atoms with Crippen molar-refractivity contribution in [3.8, 4) is 17.0 Å². The van der Waals surface area contributed by atoms with Gasteiger partial charge < -0.3 is 15.0 Å². The minimum Gasteiger partial charge on any atom is -0.495 e. The van der Waals surface area contributed by atoms with Gasteiger partial charge in [0.05, 0.1) is 36.1 Å². The molecule has 1 aliphatic rings. The van der Waals surface area contributed by atoms with E-state index >= 15 is 0 Å². The molecule has 0 radical (unpaired) electrons. The van der Waals surface area contributed by atoms with Crippen LogP contribution < -0.4 is 10.1 Å². The molecule has 0 aliphatic carbocycles. The maximum atomic E-state index is 5.56. The number of aromatic amines is 1. The summed E-state index contributed by atoms with van der Waals surface area (Å²) >= 11 is 0. The monoisotopic (exact) mass is 398 g/mol. The molecule has 0 atom stereocenters. The number of nitrogens with zero attached hydrogens (tertiary/aromatic N) is 4. The Bertz CT molecular complexity index is 1240. The Labute approximate surface area is 174 Å². The van der Waals surface area contributed by atoms with Crippen LogP contribution in [0.25, 0.3) is 22.3 Å². The number of H-pyrrole nitrogens is 1. The third-order valence-electron chi connectivity index (χ3n) is 4.80. The number of hydrogen-bond donors (Lipinski definition) is 2. The first kappa shape index (κ1) is 19.3. The van der Waals surface area contributed by atoms with Crippen LogP contribution in [0, 0.1) is 0 Å². The fourth-order valence-electron chi connectivity index (χ4n) is 3.43. The largest absolute Gasteiger partial charge is 0.495 e. The fourth-order valence-corrected chi connectivity index (χ4v) is 3.43. The molecule has 7 nitrogen and oxygen atoms in total. The van der Waals surface area contributed by atoms with Crippen molar-refractivity contribution in [2.45, 2.75) is 7.43 Å². The van der Waals surface area contributed by atoms with Gasteiger partial charge in [-0.2, -0.15) is 0 Å². The van der Waals surface area contributed by atoms with Crippen LogP contribution in [0.3, 0.4) is 0 Å². The van der Waals surface area contributed by atoms with Crippen LogP contribution in [-0.2, 0) is 0 Å². The predicted octanol–water partition coefficient (Wildman–Crippen LogP) is 4.77. The molecular formula is C23H22N6O. The summed E-state index contributed by atoms with van der Waals surface area (Å²) in [5.74, 6) is 1.40. The summed E-state index contributed by atoms with van der Waals surface area (Å²) in [4.78, 5) is 21.0. The number of aliphatic imine (C=N–C) groups is 1. The van der Waals surface area contributed by atoms with Gasteiger partial charge in [-0.3, -0.25) is 9.98 Å². The highest BCUT2D eigenvalue weighted by molar-refractivity contribution is 6.19.